The van der Waals surface area contributed by atoms with Gasteiger partial charge in [-0.2, -0.15) is 0 Å². The Labute approximate surface area is 197 Å². The van der Waals surface area contributed by atoms with Crippen LogP contribution in [0.3, 0.4) is 0 Å². The predicted octanol–water partition coefficient (Wildman–Crippen LogP) is 4.51. The number of amides is 3. The Balaban J connectivity index is 1.21. The topological polar surface area (TPSA) is 79.4 Å². The minimum Gasteiger partial charge on any atom is -0.321 e. The van der Waals surface area contributed by atoms with E-state index in [1.54, 1.807) is 30.5 Å². The Hall–Kier alpha value is -4.06. The first kappa shape index (κ1) is 20.5. The highest BCUT2D eigenvalue weighted by Crippen LogP contribution is 2.53. The number of rotatable bonds is 4. The van der Waals surface area contributed by atoms with E-state index in [0.29, 0.717) is 11.4 Å². The average Bonchev–Trinajstić information content (AvgIpc) is 3.52. The fraction of sp³-hybridized carbons (Fsp3) is 0.214. The number of nitrogens with one attached hydrogen (secondary N) is 1. The molecule has 3 aliphatic rings. The van der Waals surface area contributed by atoms with Crippen molar-refractivity contribution in [1.82, 2.24) is 4.98 Å². The molecule has 0 radical (unpaired) electrons. The molecule has 2 heterocycles. The molecule has 1 aromatic heterocycles. The molecule has 6 nitrogen and oxygen atoms in total. The summed E-state index contributed by atoms with van der Waals surface area (Å²) in [5, 5.41) is 3.89. The quantitative estimate of drug-likeness (QED) is 0.361. The lowest BCUT2D eigenvalue weighted by Gasteiger charge is -2.17. The summed E-state index contributed by atoms with van der Waals surface area (Å²) in [4.78, 5) is 44.5. The summed E-state index contributed by atoms with van der Waals surface area (Å²) in [5.74, 6) is -0.609. The molecule has 0 unspecified atom stereocenters. The molecule has 2 bridgehead atoms. The molecular formula is C28H23N3O3. The first-order valence-electron chi connectivity index (χ1n) is 11.5. The number of hydrogen-bond donors (Lipinski definition) is 1. The molecule has 3 amide bonds. The van der Waals surface area contributed by atoms with Gasteiger partial charge in [0.05, 0.1) is 28.7 Å². The van der Waals surface area contributed by atoms with Crippen LogP contribution < -0.4 is 10.2 Å². The number of carbonyl (C=O) groups excluding carboxylic acids is 3. The molecule has 1 N–H and O–H groups in total. The van der Waals surface area contributed by atoms with Gasteiger partial charge in [0.25, 0.3) is 0 Å². The van der Waals surface area contributed by atoms with Gasteiger partial charge < -0.3 is 5.32 Å². The molecule has 2 fully saturated rings. The summed E-state index contributed by atoms with van der Waals surface area (Å²) >= 11 is 0. The van der Waals surface area contributed by atoms with Crippen molar-refractivity contribution in [2.45, 2.75) is 13.3 Å². The van der Waals surface area contributed by atoms with Crippen molar-refractivity contribution in [2.24, 2.45) is 23.7 Å². The standard InChI is InChI=1S/C28H23N3O3/c1-16-12-13-29-26-21(16)6-3-7-22(26)30-23(32)11-8-17-4-2-5-20(14-17)31-27(33)24-18-9-10-19(15-18)25(24)28(31)34/h2-14,18-19,24-25H,15H2,1H3,(H,30,32)/b11-8+/t18-,19+,24-,25+. The molecule has 2 aromatic carbocycles. The monoisotopic (exact) mass is 449 g/mol. The van der Waals surface area contributed by atoms with Crippen molar-refractivity contribution in [3.63, 3.8) is 0 Å². The number of aryl methyl sites for hydroxylation is 1. The van der Waals surface area contributed by atoms with Crippen LogP contribution in [0.1, 0.15) is 17.5 Å². The third kappa shape index (κ3) is 3.17. The third-order valence-corrected chi connectivity index (χ3v) is 7.27. The minimum atomic E-state index is -0.285. The number of anilines is 2. The van der Waals surface area contributed by atoms with E-state index >= 15 is 0 Å². The van der Waals surface area contributed by atoms with Gasteiger partial charge in [-0.3, -0.25) is 19.4 Å². The molecule has 1 aliphatic heterocycles. The van der Waals surface area contributed by atoms with Gasteiger partial charge >= 0.3 is 0 Å². The summed E-state index contributed by atoms with van der Waals surface area (Å²) in [7, 11) is 0. The third-order valence-electron chi connectivity index (χ3n) is 7.27. The fourth-order valence-corrected chi connectivity index (χ4v) is 5.69. The highest BCUT2D eigenvalue weighted by molar-refractivity contribution is 6.23. The number of pyridine rings is 1. The van der Waals surface area contributed by atoms with Gasteiger partial charge in [0.1, 0.15) is 0 Å². The van der Waals surface area contributed by atoms with Crippen LogP contribution in [0.4, 0.5) is 11.4 Å². The average molecular weight is 450 g/mol. The van der Waals surface area contributed by atoms with E-state index in [1.807, 2.05) is 37.3 Å². The maximum atomic E-state index is 13.1. The van der Waals surface area contributed by atoms with Crippen molar-refractivity contribution in [3.05, 3.63) is 84.1 Å². The van der Waals surface area contributed by atoms with Gasteiger partial charge in [-0.1, -0.05) is 36.4 Å². The van der Waals surface area contributed by atoms with Crippen LogP contribution in [0, 0.1) is 30.6 Å². The Morgan fingerprint density at radius 1 is 1.03 bits per heavy atom. The Bertz CT molecular complexity index is 1390. The van der Waals surface area contributed by atoms with E-state index in [0.717, 1.165) is 28.5 Å². The molecule has 0 spiro atoms. The number of allylic oxidation sites excluding steroid dienone is 2. The highest BCUT2D eigenvalue weighted by atomic mass is 16.2. The molecule has 6 rings (SSSR count). The lowest BCUT2D eigenvalue weighted by Crippen LogP contribution is -2.32. The van der Waals surface area contributed by atoms with E-state index in [-0.39, 0.29) is 41.4 Å². The Morgan fingerprint density at radius 2 is 1.76 bits per heavy atom. The molecule has 4 atom stereocenters. The van der Waals surface area contributed by atoms with Crippen LogP contribution in [0.25, 0.3) is 17.0 Å². The number of fused-ring (bicyclic) bond motifs is 6. The molecule has 34 heavy (non-hydrogen) atoms. The van der Waals surface area contributed by atoms with E-state index in [1.165, 1.54) is 11.0 Å². The lowest BCUT2D eigenvalue weighted by atomic mass is 9.85. The Kier molecular flexibility index (Phi) is 4.69. The fourth-order valence-electron chi connectivity index (χ4n) is 5.69. The summed E-state index contributed by atoms with van der Waals surface area (Å²) in [6, 6.07) is 14.8. The first-order valence-corrected chi connectivity index (χ1v) is 11.5. The normalized spacial score (nSPS) is 25.0. The maximum Gasteiger partial charge on any atom is 0.248 e. The second-order valence-corrected chi connectivity index (χ2v) is 9.26. The summed E-state index contributed by atoms with van der Waals surface area (Å²) in [5.41, 5.74) is 3.77. The van der Waals surface area contributed by atoms with Gasteiger partial charge in [-0.05, 0) is 66.6 Å². The van der Waals surface area contributed by atoms with Crippen molar-refractivity contribution in [3.8, 4) is 0 Å². The van der Waals surface area contributed by atoms with E-state index in [4.69, 9.17) is 0 Å². The van der Waals surface area contributed by atoms with Gasteiger partial charge in [-0.15, -0.1) is 0 Å². The molecule has 168 valence electrons. The predicted molar refractivity (Wildman–Crippen MR) is 131 cm³/mol. The van der Waals surface area contributed by atoms with Crippen LogP contribution in [-0.2, 0) is 14.4 Å². The zero-order valence-corrected chi connectivity index (χ0v) is 18.6. The molecule has 1 saturated carbocycles. The molecule has 2 aliphatic carbocycles. The van der Waals surface area contributed by atoms with Gasteiger partial charge in [0, 0.05) is 17.7 Å². The minimum absolute atomic E-state index is 0.107. The smallest absolute Gasteiger partial charge is 0.248 e. The van der Waals surface area contributed by atoms with E-state index < -0.39 is 0 Å². The number of imide groups is 1. The van der Waals surface area contributed by atoms with Gasteiger partial charge in [0.2, 0.25) is 17.7 Å². The zero-order valence-electron chi connectivity index (χ0n) is 18.6. The largest absolute Gasteiger partial charge is 0.321 e. The van der Waals surface area contributed by atoms with Crippen LogP contribution >= 0.6 is 0 Å². The number of para-hydroxylation sites is 1. The number of carbonyl (C=O) groups is 3. The second-order valence-electron chi connectivity index (χ2n) is 9.26. The maximum absolute atomic E-state index is 13.1. The lowest BCUT2D eigenvalue weighted by molar-refractivity contribution is -0.123. The molecular weight excluding hydrogens is 426 g/mol. The van der Waals surface area contributed by atoms with Crippen LogP contribution in [0.15, 0.2) is 73.0 Å². The molecule has 6 heteroatoms. The van der Waals surface area contributed by atoms with Crippen molar-refractivity contribution >= 4 is 46.1 Å². The van der Waals surface area contributed by atoms with E-state index in [2.05, 4.69) is 22.5 Å². The number of nitrogens with zero attached hydrogens (tertiary/aromatic N) is 2. The zero-order chi connectivity index (χ0) is 23.4. The molecule has 1 saturated heterocycles. The number of aromatic nitrogens is 1. The van der Waals surface area contributed by atoms with Gasteiger partial charge in [0.15, 0.2) is 0 Å². The number of benzene rings is 2. The highest BCUT2D eigenvalue weighted by Gasteiger charge is 2.59. The Morgan fingerprint density at radius 3 is 2.53 bits per heavy atom. The van der Waals surface area contributed by atoms with Crippen LogP contribution in [0.5, 0.6) is 0 Å². The number of hydrogen-bond acceptors (Lipinski definition) is 4. The summed E-state index contributed by atoms with van der Waals surface area (Å²) in [6.07, 6.45) is 9.94. The van der Waals surface area contributed by atoms with Crippen LogP contribution in [0.2, 0.25) is 0 Å². The summed E-state index contributed by atoms with van der Waals surface area (Å²) < 4.78 is 0. The molecule has 3 aromatic rings. The van der Waals surface area contributed by atoms with Gasteiger partial charge in [-0.25, -0.2) is 4.90 Å². The van der Waals surface area contributed by atoms with E-state index in [9.17, 15) is 14.4 Å². The van der Waals surface area contributed by atoms with Crippen molar-refractivity contribution in [2.75, 3.05) is 10.2 Å². The van der Waals surface area contributed by atoms with Crippen LogP contribution in [-0.4, -0.2) is 22.7 Å². The van der Waals surface area contributed by atoms with Crippen molar-refractivity contribution in [1.29, 1.82) is 0 Å². The summed E-state index contributed by atoms with van der Waals surface area (Å²) in [6.45, 7) is 2.01. The SMILES string of the molecule is Cc1ccnc2c(NC(=O)/C=C/c3cccc(N4C(=O)[C@@H]5[C@H](C4=O)[C@@H]4C=C[C@H]5C4)c3)cccc12. The first-order chi connectivity index (χ1) is 16.5. The van der Waals surface area contributed by atoms with Crippen molar-refractivity contribution < 1.29 is 14.4 Å². The second kappa shape index (κ2) is 7.76.